The molecule has 0 aliphatic heterocycles. The van der Waals surface area contributed by atoms with Crippen LogP contribution in [0.5, 0.6) is 0 Å². The normalized spacial score (nSPS) is 14.4. The Hall–Kier alpha value is -2.68. The minimum Gasteiger partial charge on any atom is -0.326 e. The van der Waals surface area contributed by atoms with Gasteiger partial charge in [-0.25, -0.2) is 4.98 Å². The number of amides is 1. The molecule has 0 radical (unpaired) electrons. The Balaban J connectivity index is 1.55. The second-order valence-corrected chi connectivity index (χ2v) is 6.08. The quantitative estimate of drug-likeness (QED) is 0.765. The molecule has 114 valence electrons. The predicted molar refractivity (Wildman–Crippen MR) is 93.1 cm³/mol. The highest BCUT2D eigenvalue weighted by Crippen LogP contribution is 2.28. The molecule has 1 amide bonds. The van der Waals surface area contributed by atoms with E-state index in [0.29, 0.717) is 0 Å². The molecule has 23 heavy (non-hydrogen) atoms. The molecule has 0 atom stereocenters. The Labute approximate surface area is 135 Å². The zero-order valence-corrected chi connectivity index (χ0v) is 12.8. The van der Waals surface area contributed by atoms with E-state index >= 15 is 0 Å². The van der Waals surface area contributed by atoms with Crippen molar-refractivity contribution in [3.63, 3.8) is 0 Å². The van der Waals surface area contributed by atoms with Crippen LogP contribution < -0.4 is 5.32 Å². The van der Waals surface area contributed by atoms with Crippen molar-refractivity contribution in [1.82, 2.24) is 4.98 Å². The van der Waals surface area contributed by atoms with Gasteiger partial charge in [-0.2, -0.15) is 0 Å². The van der Waals surface area contributed by atoms with Gasteiger partial charge in [0.1, 0.15) is 0 Å². The van der Waals surface area contributed by atoms with Crippen LogP contribution in [0.15, 0.2) is 60.7 Å². The molecule has 3 nitrogen and oxygen atoms in total. The molecule has 1 aliphatic carbocycles. The van der Waals surface area contributed by atoms with Gasteiger partial charge >= 0.3 is 0 Å². The second kappa shape index (κ2) is 5.84. The fourth-order valence-electron chi connectivity index (χ4n) is 2.87. The number of para-hydroxylation sites is 1. The molecule has 3 aromatic rings. The van der Waals surface area contributed by atoms with E-state index in [1.165, 1.54) is 6.42 Å². The Morgan fingerprint density at radius 1 is 0.957 bits per heavy atom. The highest BCUT2D eigenvalue weighted by atomic mass is 16.1. The molecule has 1 heterocycles. The lowest BCUT2D eigenvalue weighted by Crippen LogP contribution is -2.27. The number of benzene rings is 2. The zero-order chi connectivity index (χ0) is 15.6. The van der Waals surface area contributed by atoms with E-state index in [2.05, 4.69) is 17.4 Å². The molecule has 1 aliphatic rings. The molecule has 0 unspecified atom stereocenters. The van der Waals surface area contributed by atoms with E-state index in [1.54, 1.807) is 0 Å². The number of hydrogen-bond donors (Lipinski definition) is 1. The van der Waals surface area contributed by atoms with Crippen LogP contribution in [-0.4, -0.2) is 10.9 Å². The zero-order valence-electron chi connectivity index (χ0n) is 12.8. The van der Waals surface area contributed by atoms with Gasteiger partial charge in [-0.15, -0.1) is 0 Å². The Morgan fingerprint density at radius 3 is 2.48 bits per heavy atom. The SMILES string of the molecule is O=C(Nc1ccc(-c2ccc3ccccc3n2)cc1)C1CCC1. The molecule has 1 aromatic heterocycles. The summed E-state index contributed by atoms with van der Waals surface area (Å²) in [6.07, 6.45) is 3.21. The fraction of sp³-hybridized carbons (Fsp3) is 0.200. The monoisotopic (exact) mass is 302 g/mol. The van der Waals surface area contributed by atoms with Crippen LogP contribution in [0.1, 0.15) is 19.3 Å². The maximum atomic E-state index is 12.0. The molecule has 1 N–H and O–H groups in total. The Morgan fingerprint density at radius 2 is 1.74 bits per heavy atom. The van der Waals surface area contributed by atoms with Gasteiger partial charge in [-0.3, -0.25) is 4.79 Å². The molecular formula is C20H18N2O. The summed E-state index contributed by atoms with van der Waals surface area (Å²) in [4.78, 5) is 16.7. The van der Waals surface area contributed by atoms with Crippen LogP contribution in [0.4, 0.5) is 5.69 Å². The summed E-state index contributed by atoms with van der Waals surface area (Å²) in [6.45, 7) is 0. The summed E-state index contributed by atoms with van der Waals surface area (Å²) in [6, 6.07) is 20.1. The van der Waals surface area contributed by atoms with E-state index in [1.807, 2.05) is 48.5 Å². The number of aromatic nitrogens is 1. The first-order valence-electron chi connectivity index (χ1n) is 8.07. The number of nitrogens with zero attached hydrogens (tertiary/aromatic N) is 1. The lowest BCUT2D eigenvalue weighted by atomic mass is 9.85. The standard InChI is InChI=1S/C20H18N2O/c23-20(16-5-3-6-16)21-17-11-8-15(9-12-17)19-13-10-14-4-1-2-7-18(14)22-19/h1-2,4,7-13,16H,3,5-6H2,(H,21,23). The van der Waals surface area contributed by atoms with E-state index in [4.69, 9.17) is 4.98 Å². The molecule has 0 saturated heterocycles. The first kappa shape index (κ1) is 13.9. The van der Waals surface area contributed by atoms with Gasteiger partial charge in [-0.05, 0) is 37.1 Å². The Kier molecular flexibility index (Phi) is 3.54. The van der Waals surface area contributed by atoms with Gasteiger partial charge in [0.25, 0.3) is 0 Å². The molecule has 1 saturated carbocycles. The number of nitrogens with one attached hydrogen (secondary N) is 1. The van der Waals surface area contributed by atoms with Gasteiger partial charge < -0.3 is 5.32 Å². The molecule has 4 rings (SSSR count). The van der Waals surface area contributed by atoms with Crippen LogP contribution >= 0.6 is 0 Å². The number of pyridine rings is 1. The number of anilines is 1. The first-order chi connectivity index (χ1) is 11.3. The summed E-state index contributed by atoms with van der Waals surface area (Å²) in [5, 5.41) is 4.13. The van der Waals surface area contributed by atoms with Crippen LogP contribution in [-0.2, 0) is 4.79 Å². The molecule has 2 aromatic carbocycles. The summed E-state index contributed by atoms with van der Waals surface area (Å²) in [5.74, 6) is 0.352. The maximum Gasteiger partial charge on any atom is 0.227 e. The number of carbonyl (C=O) groups is 1. The maximum absolute atomic E-state index is 12.0. The fourth-order valence-corrected chi connectivity index (χ4v) is 2.87. The molecule has 0 bridgehead atoms. The first-order valence-corrected chi connectivity index (χ1v) is 8.07. The predicted octanol–water partition coefficient (Wildman–Crippen LogP) is 4.64. The van der Waals surface area contributed by atoms with Crippen molar-refractivity contribution in [3.05, 3.63) is 60.7 Å². The number of fused-ring (bicyclic) bond motifs is 1. The van der Waals surface area contributed by atoms with E-state index in [0.717, 1.165) is 40.7 Å². The van der Waals surface area contributed by atoms with Crippen LogP contribution in [0.25, 0.3) is 22.2 Å². The van der Waals surface area contributed by atoms with Crippen molar-refractivity contribution in [2.75, 3.05) is 5.32 Å². The van der Waals surface area contributed by atoms with Crippen molar-refractivity contribution in [2.45, 2.75) is 19.3 Å². The number of carbonyl (C=O) groups excluding carboxylic acids is 1. The average molecular weight is 302 g/mol. The van der Waals surface area contributed by atoms with Crippen molar-refractivity contribution in [3.8, 4) is 11.3 Å². The van der Waals surface area contributed by atoms with E-state index in [-0.39, 0.29) is 11.8 Å². The molecular weight excluding hydrogens is 284 g/mol. The second-order valence-electron chi connectivity index (χ2n) is 6.08. The van der Waals surface area contributed by atoms with Crippen molar-refractivity contribution < 1.29 is 4.79 Å². The van der Waals surface area contributed by atoms with Crippen molar-refractivity contribution >= 4 is 22.5 Å². The molecule has 3 heteroatoms. The van der Waals surface area contributed by atoms with Crippen LogP contribution in [0.3, 0.4) is 0 Å². The van der Waals surface area contributed by atoms with Crippen molar-refractivity contribution in [1.29, 1.82) is 0 Å². The van der Waals surface area contributed by atoms with Crippen LogP contribution in [0, 0.1) is 5.92 Å². The summed E-state index contributed by atoms with van der Waals surface area (Å²) < 4.78 is 0. The van der Waals surface area contributed by atoms with Gasteiger partial charge in [-0.1, -0.05) is 42.8 Å². The number of hydrogen-bond acceptors (Lipinski definition) is 2. The largest absolute Gasteiger partial charge is 0.326 e. The highest BCUT2D eigenvalue weighted by Gasteiger charge is 2.24. The molecule has 0 spiro atoms. The highest BCUT2D eigenvalue weighted by molar-refractivity contribution is 5.93. The lowest BCUT2D eigenvalue weighted by molar-refractivity contribution is -0.122. The third-order valence-corrected chi connectivity index (χ3v) is 4.52. The number of rotatable bonds is 3. The van der Waals surface area contributed by atoms with Gasteiger partial charge in [0.2, 0.25) is 5.91 Å². The lowest BCUT2D eigenvalue weighted by Gasteiger charge is -2.24. The van der Waals surface area contributed by atoms with Gasteiger partial charge in [0.05, 0.1) is 11.2 Å². The van der Waals surface area contributed by atoms with Gasteiger partial charge in [0, 0.05) is 22.6 Å². The summed E-state index contributed by atoms with van der Waals surface area (Å²) in [7, 11) is 0. The molecule has 1 fully saturated rings. The third-order valence-electron chi connectivity index (χ3n) is 4.52. The summed E-state index contributed by atoms with van der Waals surface area (Å²) in [5.41, 5.74) is 3.84. The van der Waals surface area contributed by atoms with E-state index < -0.39 is 0 Å². The Bertz CT molecular complexity index is 851. The minimum absolute atomic E-state index is 0.146. The smallest absolute Gasteiger partial charge is 0.227 e. The third kappa shape index (κ3) is 2.82. The van der Waals surface area contributed by atoms with Gasteiger partial charge in [0.15, 0.2) is 0 Å². The van der Waals surface area contributed by atoms with E-state index in [9.17, 15) is 4.79 Å². The average Bonchev–Trinajstić information content (AvgIpc) is 2.53. The van der Waals surface area contributed by atoms with Crippen LogP contribution in [0.2, 0.25) is 0 Å². The minimum atomic E-state index is 0.146. The van der Waals surface area contributed by atoms with Crippen molar-refractivity contribution in [2.24, 2.45) is 5.92 Å². The topological polar surface area (TPSA) is 42.0 Å². The summed E-state index contributed by atoms with van der Waals surface area (Å²) >= 11 is 0.